The predicted molar refractivity (Wildman–Crippen MR) is 119 cm³/mol. The second-order valence-corrected chi connectivity index (χ2v) is 8.63. The Kier molecular flexibility index (Phi) is 9.10. The minimum Gasteiger partial charge on any atom is -0.353 e. The van der Waals surface area contributed by atoms with E-state index in [9.17, 15) is 13.2 Å². The number of nitrogens with zero attached hydrogens (tertiary/aromatic N) is 2. The molecule has 0 aliphatic heterocycles. The molecule has 1 atom stereocenters. The van der Waals surface area contributed by atoms with Crippen LogP contribution >= 0.6 is 24.8 Å². The van der Waals surface area contributed by atoms with Crippen molar-refractivity contribution >= 4 is 51.6 Å². The molecule has 1 unspecified atom stereocenters. The number of nitrogens with one attached hydrogen (secondary N) is 1. The molecule has 10 heteroatoms. The van der Waals surface area contributed by atoms with Crippen molar-refractivity contribution in [3.8, 4) is 0 Å². The second kappa shape index (κ2) is 10.6. The zero-order chi connectivity index (χ0) is 19.4. The zero-order valence-corrected chi connectivity index (χ0v) is 18.3. The topological polar surface area (TPSA) is 107 Å². The van der Waals surface area contributed by atoms with Crippen molar-refractivity contribution in [2.24, 2.45) is 5.73 Å². The average molecular weight is 459 g/mol. The number of para-hydroxylation sites is 2. The Morgan fingerprint density at radius 2 is 1.72 bits per heavy atom. The van der Waals surface area contributed by atoms with Crippen LogP contribution in [-0.2, 0) is 26.9 Å². The van der Waals surface area contributed by atoms with Crippen molar-refractivity contribution in [3.05, 3.63) is 66.0 Å². The molecule has 0 aliphatic rings. The van der Waals surface area contributed by atoms with Crippen LogP contribution < -0.4 is 11.1 Å². The minimum absolute atomic E-state index is 0. The maximum absolute atomic E-state index is 12.4. The first kappa shape index (κ1) is 24.9. The molecule has 0 saturated heterocycles. The van der Waals surface area contributed by atoms with E-state index < -0.39 is 9.84 Å². The number of rotatable bonds is 7. The van der Waals surface area contributed by atoms with Gasteiger partial charge in [0.15, 0.2) is 9.84 Å². The highest BCUT2D eigenvalue weighted by Crippen LogP contribution is 2.17. The summed E-state index contributed by atoms with van der Waals surface area (Å²) in [5, 5.41) is 2.81. The van der Waals surface area contributed by atoms with Crippen LogP contribution in [0.2, 0.25) is 0 Å². The number of nitrogens with two attached hydrogens (primary N) is 1. The molecule has 0 saturated carbocycles. The first-order valence-electron chi connectivity index (χ1n) is 8.52. The normalized spacial score (nSPS) is 11.9. The van der Waals surface area contributed by atoms with Gasteiger partial charge in [-0.25, -0.2) is 13.4 Å². The molecule has 0 aliphatic carbocycles. The summed E-state index contributed by atoms with van der Waals surface area (Å²) in [4.78, 5) is 16.8. The van der Waals surface area contributed by atoms with Gasteiger partial charge in [0.25, 0.3) is 0 Å². The third-order valence-corrected chi connectivity index (χ3v) is 4.96. The highest BCUT2D eigenvalue weighted by molar-refractivity contribution is 7.89. The number of hydrogen-bond donors (Lipinski definition) is 2. The highest BCUT2D eigenvalue weighted by atomic mass is 35.5. The van der Waals surface area contributed by atoms with Crippen LogP contribution in [0.3, 0.4) is 0 Å². The largest absolute Gasteiger partial charge is 0.353 e. The van der Waals surface area contributed by atoms with Gasteiger partial charge in [-0.2, -0.15) is 0 Å². The minimum atomic E-state index is -3.28. The van der Waals surface area contributed by atoms with Crippen molar-refractivity contribution in [1.82, 2.24) is 14.9 Å². The molecule has 158 valence electrons. The molecule has 0 fully saturated rings. The fourth-order valence-electron chi connectivity index (χ4n) is 2.89. The van der Waals surface area contributed by atoms with Gasteiger partial charge < -0.3 is 15.6 Å². The molecule has 29 heavy (non-hydrogen) atoms. The third kappa shape index (κ3) is 6.71. The Balaban J connectivity index is 0.00000210. The van der Waals surface area contributed by atoms with E-state index in [-0.39, 0.29) is 55.6 Å². The Bertz CT molecular complexity index is 1060. The summed E-state index contributed by atoms with van der Waals surface area (Å²) in [5.74, 6) is -0.126. The Hall–Kier alpha value is -2.13. The first-order valence-corrected chi connectivity index (χ1v) is 10.6. The number of halogens is 2. The maximum Gasteiger partial charge on any atom is 0.240 e. The van der Waals surface area contributed by atoms with Crippen LogP contribution in [0.5, 0.6) is 0 Å². The number of aromatic nitrogens is 2. The molecule has 0 bridgehead atoms. The van der Waals surface area contributed by atoms with Gasteiger partial charge >= 0.3 is 0 Å². The Morgan fingerprint density at radius 3 is 2.38 bits per heavy atom. The zero-order valence-electron chi connectivity index (χ0n) is 15.8. The molecule has 3 N–H and O–H groups in total. The fourth-order valence-corrected chi connectivity index (χ4v) is 3.58. The van der Waals surface area contributed by atoms with Crippen molar-refractivity contribution in [2.45, 2.75) is 18.3 Å². The van der Waals surface area contributed by atoms with E-state index in [2.05, 4.69) is 10.3 Å². The van der Waals surface area contributed by atoms with Gasteiger partial charge in [0.05, 0.1) is 11.0 Å². The van der Waals surface area contributed by atoms with E-state index in [0.29, 0.717) is 11.3 Å². The van der Waals surface area contributed by atoms with Crippen LogP contribution in [0.1, 0.15) is 17.4 Å². The van der Waals surface area contributed by atoms with Gasteiger partial charge in [-0.1, -0.05) is 42.5 Å². The third-order valence-electron chi connectivity index (χ3n) is 4.17. The lowest BCUT2D eigenvalue weighted by Crippen LogP contribution is -2.34. The molecule has 7 nitrogen and oxygen atoms in total. The van der Waals surface area contributed by atoms with Crippen LogP contribution in [0.4, 0.5) is 0 Å². The van der Waals surface area contributed by atoms with Gasteiger partial charge in [0, 0.05) is 18.8 Å². The lowest BCUT2D eigenvalue weighted by molar-refractivity contribution is -0.121. The second-order valence-electron chi connectivity index (χ2n) is 6.49. The number of carbonyl (C=O) groups is 1. The molecule has 0 spiro atoms. The summed E-state index contributed by atoms with van der Waals surface area (Å²) in [7, 11) is -3.28. The molecule has 0 radical (unpaired) electrons. The monoisotopic (exact) mass is 458 g/mol. The summed E-state index contributed by atoms with van der Waals surface area (Å²) >= 11 is 0. The number of fused-ring (bicyclic) bond motifs is 1. The van der Waals surface area contributed by atoms with Gasteiger partial charge in [-0.3, -0.25) is 4.79 Å². The SMILES string of the molecule is CS(=O)(=O)Cc1nc2ccccc2n1CC(=O)NCC(N)c1ccccc1.Cl.Cl. The van der Waals surface area contributed by atoms with Crippen LogP contribution in [0.15, 0.2) is 54.6 Å². The smallest absolute Gasteiger partial charge is 0.240 e. The fraction of sp³-hybridized carbons (Fsp3) is 0.263. The Labute approximate surface area is 182 Å². The van der Waals surface area contributed by atoms with Crippen LogP contribution in [0, 0.1) is 0 Å². The summed E-state index contributed by atoms with van der Waals surface area (Å²) in [6.45, 7) is 0.268. The summed E-state index contributed by atoms with van der Waals surface area (Å²) in [5.41, 5.74) is 8.42. The van der Waals surface area contributed by atoms with Crippen molar-refractivity contribution < 1.29 is 13.2 Å². The number of benzene rings is 2. The summed E-state index contributed by atoms with van der Waals surface area (Å²) in [6.07, 6.45) is 1.15. The van der Waals surface area contributed by atoms with E-state index in [0.717, 1.165) is 17.3 Å². The molecular formula is C19H24Cl2N4O3S. The molecular weight excluding hydrogens is 435 g/mol. The van der Waals surface area contributed by atoms with E-state index in [4.69, 9.17) is 5.73 Å². The van der Waals surface area contributed by atoms with E-state index in [1.165, 1.54) is 0 Å². The molecule has 3 rings (SSSR count). The van der Waals surface area contributed by atoms with Gasteiger partial charge in [-0.05, 0) is 17.7 Å². The standard InChI is InChI=1S/C19H22N4O3S.2ClH/c1-27(25,26)13-18-22-16-9-5-6-10-17(16)23(18)12-19(24)21-11-15(20)14-7-3-2-4-8-14;;/h2-10,15H,11-13,20H2,1H3,(H,21,24);2*1H. The number of sulfone groups is 1. The number of amides is 1. The highest BCUT2D eigenvalue weighted by Gasteiger charge is 2.17. The van der Waals surface area contributed by atoms with E-state index >= 15 is 0 Å². The van der Waals surface area contributed by atoms with Crippen molar-refractivity contribution in [2.75, 3.05) is 12.8 Å². The lowest BCUT2D eigenvalue weighted by Gasteiger charge is -2.14. The van der Waals surface area contributed by atoms with Crippen LogP contribution in [-0.4, -0.2) is 36.7 Å². The van der Waals surface area contributed by atoms with Gasteiger partial charge in [0.2, 0.25) is 5.91 Å². The molecule has 1 heterocycles. The summed E-state index contributed by atoms with van der Waals surface area (Å²) in [6, 6.07) is 16.5. The van der Waals surface area contributed by atoms with Gasteiger partial charge in [-0.15, -0.1) is 24.8 Å². The Morgan fingerprint density at radius 1 is 1.10 bits per heavy atom. The lowest BCUT2D eigenvalue weighted by atomic mass is 10.1. The molecule has 3 aromatic rings. The molecule has 1 amide bonds. The van der Waals surface area contributed by atoms with Crippen LogP contribution in [0.25, 0.3) is 11.0 Å². The quantitative estimate of drug-likeness (QED) is 0.564. The molecule has 1 aromatic heterocycles. The summed E-state index contributed by atoms with van der Waals surface area (Å²) < 4.78 is 25.1. The predicted octanol–water partition coefficient (Wildman–Crippen LogP) is 2.24. The van der Waals surface area contributed by atoms with Crippen molar-refractivity contribution in [3.63, 3.8) is 0 Å². The van der Waals surface area contributed by atoms with Crippen molar-refractivity contribution in [1.29, 1.82) is 0 Å². The number of carbonyl (C=O) groups excluding carboxylic acids is 1. The first-order chi connectivity index (χ1) is 12.8. The van der Waals surface area contributed by atoms with E-state index in [1.807, 2.05) is 48.5 Å². The van der Waals surface area contributed by atoms with Gasteiger partial charge in [0.1, 0.15) is 18.1 Å². The maximum atomic E-state index is 12.4. The number of hydrogen-bond acceptors (Lipinski definition) is 5. The average Bonchev–Trinajstić information content (AvgIpc) is 2.96. The molecule has 2 aromatic carbocycles. The number of imidazole rings is 1. The van der Waals surface area contributed by atoms with E-state index in [1.54, 1.807) is 10.6 Å².